The van der Waals surface area contributed by atoms with Crippen LogP contribution in [-0.4, -0.2) is 22.6 Å². The van der Waals surface area contributed by atoms with Gasteiger partial charge in [0.15, 0.2) is 5.75 Å². The molecule has 0 aliphatic carbocycles. The molecule has 1 rings (SSSR count). The lowest BCUT2D eigenvalue weighted by molar-refractivity contribution is -0.385. The maximum Gasteiger partial charge on any atom is 0.311 e. The van der Waals surface area contributed by atoms with E-state index in [0.29, 0.717) is 12.8 Å². The third-order valence-corrected chi connectivity index (χ3v) is 2.16. The molecule has 98 valence electrons. The number of aliphatic carboxylic acids is 1. The first-order chi connectivity index (χ1) is 8.50. The van der Waals surface area contributed by atoms with Crippen LogP contribution in [0.3, 0.4) is 0 Å². The van der Waals surface area contributed by atoms with Crippen molar-refractivity contribution in [3.63, 3.8) is 0 Å². The van der Waals surface area contributed by atoms with Gasteiger partial charge >= 0.3 is 11.7 Å². The number of nitro groups is 1. The quantitative estimate of drug-likeness (QED) is 0.460. The van der Waals surface area contributed by atoms with Crippen LogP contribution in [0.2, 0.25) is 0 Å². The summed E-state index contributed by atoms with van der Waals surface area (Å²) >= 11 is 0. The smallest absolute Gasteiger partial charge is 0.311 e. The van der Waals surface area contributed by atoms with Gasteiger partial charge in [-0.3, -0.25) is 14.9 Å². The van der Waals surface area contributed by atoms with E-state index in [-0.39, 0.29) is 24.5 Å². The van der Waals surface area contributed by atoms with Gasteiger partial charge in [-0.2, -0.15) is 0 Å². The van der Waals surface area contributed by atoms with Crippen LogP contribution in [0.15, 0.2) is 18.2 Å². The molecule has 0 unspecified atom stereocenters. The Morgan fingerprint density at radius 3 is 2.78 bits per heavy atom. The van der Waals surface area contributed by atoms with Gasteiger partial charge in [-0.15, -0.1) is 0 Å². The van der Waals surface area contributed by atoms with Crippen molar-refractivity contribution >= 4 is 11.7 Å². The Balaban J connectivity index is 2.53. The highest BCUT2D eigenvalue weighted by molar-refractivity contribution is 5.66. The first kappa shape index (κ1) is 13.9. The number of carboxylic acid groups (broad SMARTS) is 1. The van der Waals surface area contributed by atoms with Gasteiger partial charge in [0.2, 0.25) is 0 Å². The van der Waals surface area contributed by atoms with Crippen LogP contribution in [-0.2, 0) is 4.79 Å². The van der Waals surface area contributed by atoms with Crippen LogP contribution in [0.4, 0.5) is 10.1 Å². The number of nitrogens with zero attached hydrogens (tertiary/aromatic N) is 1. The third kappa shape index (κ3) is 4.36. The first-order valence-electron chi connectivity index (χ1n) is 5.29. The number of hydrogen-bond acceptors (Lipinski definition) is 4. The summed E-state index contributed by atoms with van der Waals surface area (Å²) in [6.07, 6.45) is 0.840. The molecule has 7 heteroatoms. The van der Waals surface area contributed by atoms with Crippen molar-refractivity contribution in [2.75, 3.05) is 6.61 Å². The average Bonchev–Trinajstić information content (AvgIpc) is 2.27. The number of carbonyl (C=O) groups is 1. The summed E-state index contributed by atoms with van der Waals surface area (Å²) in [6.45, 7) is 0.109. The number of hydrogen-bond donors (Lipinski definition) is 1. The molecule has 0 aromatic heterocycles. The second kappa shape index (κ2) is 6.53. The van der Waals surface area contributed by atoms with E-state index in [9.17, 15) is 19.3 Å². The van der Waals surface area contributed by atoms with E-state index in [0.717, 1.165) is 18.2 Å². The predicted molar refractivity (Wildman–Crippen MR) is 60.0 cm³/mol. The Labute approximate surface area is 102 Å². The van der Waals surface area contributed by atoms with Crippen LogP contribution >= 0.6 is 0 Å². The van der Waals surface area contributed by atoms with E-state index in [1.165, 1.54) is 0 Å². The van der Waals surface area contributed by atoms with Gasteiger partial charge in [-0.1, -0.05) is 0 Å². The molecule has 0 radical (unpaired) electrons. The number of benzene rings is 1. The van der Waals surface area contributed by atoms with E-state index in [1.54, 1.807) is 0 Å². The van der Waals surface area contributed by atoms with Crippen molar-refractivity contribution in [1.82, 2.24) is 0 Å². The Morgan fingerprint density at radius 2 is 2.17 bits per heavy atom. The fourth-order valence-corrected chi connectivity index (χ4v) is 1.31. The van der Waals surface area contributed by atoms with Gasteiger partial charge in [-0.25, -0.2) is 4.39 Å². The Kier molecular flexibility index (Phi) is 5.04. The maximum absolute atomic E-state index is 12.9. The van der Waals surface area contributed by atoms with Crippen LogP contribution in [0, 0.1) is 15.9 Å². The molecule has 0 aliphatic rings. The minimum Gasteiger partial charge on any atom is -0.487 e. The number of rotatable bonds is 7. The second-order valence-electron chi connectivity index (χ2n) is 3.57. The summed E-state index contributed by atoms with van der Waals surface area (Å²) in [5.74, 6) is -1.68. The van der Waals surface area contributed by atoms with Crippen LogP contribution < -0.4 is 4.74 Å². The molecular weight excluding hydrogens is 245 g/mol. The topological polar surface area (TPSA) is 89.7 Å². The number of carboxylic acids is 1. The zero-order valence-electron chi connectivity index (χ0n) is 9.47. The van der Waals surface area contributed by atoms with E-state index in [4.69, 9.17) is 9.84 Å². The van der Waals surface area contributed by atoms with Crippen LogP contribution in [0.5, 0.6) is 5.75 Å². The summed E-state index contributed by atoms with van der Waals surface area (Å²) in [6, 6.07) is 2.95. The van der Waals surface area contributed by atoms with E-state index >= 15 is 0 Å². The van der Waals surface area contributed by atoms with Gasteiger partial charge in [-0.05, 0) is 18.9 Å². The van der Waals surface area contributed by atoms with E-state index < -0.39 is 16.7 Å². The van der Waals surface area contributed by atoms with Gasteiger partial charge in [0.1, 0.15) is 5.82 Å². The summed E-state index contributed by atoms with van der Waals surface area (Å²) in [5.41, 5.74) is -0.311. The Hall–Kier alpha value is -2.18. The predicted octanol–water partition coefficient (Wildman–Crippen LogP) is 2.37. The summed E-state index contributed by atoms with van der Waals surface area (Å²) in [5, 5.41) is 19.0. The molecule has 0 saturated carbocycles. The van der Waals surface area contributed by atoms with Crippen LogP contribution in [0.25, 0.3) is 0 Å². The zero-order valence-corrected chi connectivity index (χ0v) is 9.47. The molecule has 0 bridgehead atoms. The molecule has 6 nitrogen and oxygen atoms in total. The molecule has 0 heterocycles. The molecule has 1 aromatic rings. The van der Waals surface area contributed by atoms with Crippen molar-refractivity contribution in [3.05, 3.63) is 34.1 Å². The highest BCUT2D eigenvalue weighted by Crippen LogP contribution is 2.27. The molecule has 1 aromatic carbocycles. The van der Waals surface area contributed by atoms with Gasteiger partial charge in [0, 0.05) is 18.6 Å². The van der Waals surface area contributed by atoms with E-state index in [1.807, 2.05) is 0 Å². The van der Waals surface area contributed by atoms with Crippen molar-refractivity contribution < 1.29 is 24.0 Å². The lowest BCUT2D eigenvalue weighted by Gasteiger charge is -2.06. The lowest BCUT2D eigenvalue weighted by atomic mass is 10.2. The number of unbranched alkanes of at least 4 members (excludes halogenated alkanes) is 1. The molecule has 0 atom stereocenters. The molecule has 0 spiro atoms. The summed E-state index contributed by atoms with van der Waals surface area (Å²) < 4.78 is 18.0. The zero-order chi connectivity index (χ0) is 13.5. The van der Waals surface area contributed by atoms with E-state index in [2.05, 4.69) is 0 Å². The average molecular weight is 257 g/mol. The van der Waals surface area contributed by atoms with Gasteiger partial charge < -0.3 is 9.84 Å². The normalized spacial score (nSPS) is 10.1. The molecule has 0 aliphatic heterocycles. The van der Waals surface area contributed by atoms with Crippen LogP contribution in [0.1, 0.15) is 19.3 Å². The highest BCUT2D eigenvalue weighted by Gasteiger charge is 2.15. The van der Waals surface area contributed by atoms with Crippen molar-refractivity contribution in [2.24, 2.45) is 0 Å². The standard InChI is InChI=1S/C11H12FNO5/c12-8-4-5-9(13(16)17)10(7-8)18-6-2-1-3-11(14)15/h4-5,7H,1-3,6H2,(H,14,15). The van der Waals surface area contributed by atoms with Crippen molar-refractivity contribution in [3.8, 4) is 5.75 Å². The number of nitro benzene ring substituents is 1. The number of halogens is 1. The van der Waals surface area contributed by atoms with Crippen molar-refractivity contribution in [1.29, 1.82) is 0 Å². The summed E-state index contributed by atoms with van der Waals surface area (Å²) in [7, 11) is 0. The van der Waals surface area contributed by atoms with Crippen molar-refractivity contribution in [2.45, 2.75) is 19.3 Å². The van der Waals surface area contributed by atoms with Gasteiger partial charge in [0.25, 0.3) is 0 Å². The minimum absolute atomic E-state index is 0.00854. The largest absolute Gasteiger partial charge is 0.487 e. The SMILES string of the molecule is O=C(O)CCCCOc1cc(F)ccc1[N+](=O)[O-]. The number of ether oxygens (including phenoxy) is 1. The summed E-state index contributed by atoms with van der Waals surface area (Å²) in [4.78, 5) is 20.2. The molecule has 0 saturated heterocycles. The molecular formula is C11H12FNO5. The molecule has 0 amide bonds. The Morgan fingerprint density at radius 1 is 1.44 bits per heavy atom. The maximum atomic E-state index is 12.9. The molecule has 1 N–H and O–H groups in total. The molecule has 0 fully saturated rings. The fraction of sp³-hybridized carbons (Fsp3) is 0.364. The monoisotopic (exact) mass is 257 g/mol. The van der Waals surface area contributed by atoms with Gasteiger partial charge in [0.05, 0.1) is 11.5 Å². The Bertz CT molecular complexity index is 449. The lowest BCUT2D eigenvalue weighted by Crippen LogP contribution is -2.02. The fourth-order valence-electron chi connectivity index (χ4n) is 1.31. The first-order valence-corrected chi connectivity index (χ1v) is 5.29. The minimum atomic E-state index is -0.910. The second-order valence-corrected chi connectivity index (χ2v) is 3.57. The molecule has 18 heavy (non-hydrogen) atoms. The highest BCUT2D eigenvalue weighted by atomic mass is 19.1. The third-order valence-electron chi connectivity index (χ3n) is 2.16.